The fourth-order valence-electron chi connectivity index (χ4n) is 6.91. The molecule has 290 valence electrons. The maximum absolute atomic E-state index is 13.2. The second kappa shape index (κ2) is 19.2. The fourth-order valence-corrected chi connectivity index (χ4v) is 7.89. The number of alkyl halides is 3. The number of nitrogens with zero attached hydrogens (tertiary/aromatic N) is 2. The van der Waals surface area contributed by atoms with Crippen molar-refractivity contribution in [2.75, 3.05) is 34.5 Å². The van der Waals surface area contributed by atoms with Gasteiger partial charge in [-0.2, -0.15) is 13.2 Å². The van der Waals surface area contributed by atoms with E-state index < -0.39 is 17.3 Å². The van der Waals surface area contributed by atoms with E-state index in [0.717, 1.165) is 40.1 Å². The van der Waals surface area contributed by atoms with Gasteiger partial charge >= 0.3 is 6.18 Å². The molecule has 1 saturated carbocycles. The van der Waals surface area contributed by atoms with Crippen LogP contribution >= 0.6 is 11.3 Å². The maximum Gasteiger partial charge on any atom is 0.417 e. The number of hydrogen-bond donors (Lipinski definition) is 1. The number of halogens is 3. The van der Waals surface area contributed by atoms with Gasteiger partial charge in [0.1, 0.15) is 5.75 Å². The van der Waals surface area contributed by atoms with E-state index in [-0.39, 0.29) is 44.0 Å². The number of carbonyl (C=O) groups is 2. The van der Waals surface area contributed by atoms with Crippen LogP contribution in [0.25, 0.3) is 10.2 Å². The van der Waals surface area contributed by atoms with Gasteiger partial charge in [0.05, 0.1) is 47.2 Å². The molecule has 1 N–H and O–H groups in total. The van der Waals surface area contributed by atoms with E-state index in [0.29, 0.717) is 34.7 Å². The van der Waals surface area contributed by atoms with Gasteiger partial charge in [0.25, 0.3) is 5.91 Å². The summed E-state index contributed by atoms with van der Waals surface area (Å²) in [6.45, 7) is 13.3. The summed E-state index contributed by atoms with van der Waals surface area (Å²) in [5.74, 6) is 2.34. The molecule has 3 aromatic rings. The lowest BCUT2D eigenvalue weighted by atomic mass is 9.70. The van der Waals surface area contributed by atoms with E-state index in [9.17, 15) is 22.8 Å². The zero-order valence-electron chi connectivity index (χ0n) is 32.1. The van der Waals surface area contributed by atoms with Crippen LogP contribution in [-0.2, 0) is 9.47 Å². The van der Waals surface area contributed by atoms with Crippen molar-refractivity contribution in [3.05, 3.63) is 46.1 Å². The van der Waals surface area contributed by atoms with Crippen LogP contribution < -0.4 is 14.8 Å². The Labute approximate surface area is 310 Å². The van der Waals surface area contributed by atoms with Crippen molar-refractivity contribution in [3.8, 4) is 11.6 Å². The van der Waals surface area contributed by atoms with E-state index >= 15 is 0 Å². The normalized spacial score (nSPS) is 20.5. The molecule has 2 aromatic heterocycles. The Morgan fingerprint density at radius 3 is 2.25 bits per heavy atom. The van der Waals surface area contributed by atoms with Crippen molar-refractivity contribution < 1.29 is 41.7 Å². The van der Waals surface area contributed by atoms with E-state index in [1.165, 1.54) is 38.6 Å². The molecule has 52 heavy (non-hydrogen) atoms. The van der Waals surface area contributed by atoms with Crippen molar-refractivity contribution in [2.24, 2.45) is 11.8 Å². The van der Waals surface area contributed by atoms with Gasteiger partial charge in [-0.05, 0) is 81.9 Å². The van der Waals surface area contributed by atoms with Crippen molar-refractivity contribution in [2.45, 2.75) is 117 Å². The first-order valence-corrected chi connectivity index (χ1v) is 18.9. The van der Waals surface area contributed by atoms with E-state index in [4.69, 9.17) is 18.9 Å². The average molecular weight is 752 g/mol. The molecule has 1 aromatic carbocycles. The van der Waals surface area contributed by atoms with Gasteiger partial charge in [0.15, 0.2) is 11.4 Å². The molecule has 3 aliphatic rings. The number of aryl methyl sites for hydroxylation is 2. The molecular formula is C39H56F3N3O6S. The molecule has 4 heterocycles. The number of nitrogens with one attached hydrogen (secondary N) is 1. The van der Waals surface area contributed by atoms with Crippen LogP contribution in [0.1, 0.15) is 117 Å². The largest absolute Gasteiger partial charge is 0.496 e. The molecule has 2 atom stereocenters. The number of carbonyl (C=O) groups excluding carboxylic acids is 2. The van der Waals surface area contributed by atoms with Crippen molar-refractivity contribution in [1.82, 2.24) is 15.3 Å². The number of fused-ring (bicyclic) bond motifs is 4. The Bertz CT molecular complexity index is 1590. The minimum Gasteiger partial charge on any atom is -0.496 e. The summed E-state index contributed by atoms with van der Waals surface area (Å²) in [5.41, 5.74) is -0.149. The van der Waals surface area contributed by atoms with Crippen LogP contribution in [-0.4, -0.2) is 73.5 Å². The van der Waals surface area contributed by atoms with Crippen LogP contribution in [0.4, 0.5) is 13.2 Å². The lowest BCUT2D eigenvalue weighted by Crippen LogP contribution is -2.66. The zero-order chi connectivity index (χ0) is 38.7. The van der Waals surface area contributed by atoms with Crippen molar-refractivity contribution >= 4 is 33.2 Å². The highest BCUT2D eigenvalue weighted by atomic mass is 32.1. The SMILES string of the molecule is CCCC(=O)c1c(OC)ccc2nc(C)sc12.CCCC(C)CC(C)COC.COc1cc(C(=O)NC23CCC(C(F)(F)F)(CC2)OC3)c(C)cn1. The number of benzene rings is 1. The summed E-state index contributed by atoms with van der Waals surface area (Å²) in [7, 11) is 4.82. The third kappa shape index (κ3) is 10.9. The third-order valence-corrected chi connectivity index (χ3v) is 10.7. The lowest BCUT2D eigenvalue weighted by molar-refractivity contribution is -0.317. The number of ketones is 1. The minimum atomic E-state index is -4.38. The maximum atomic E-state index is 13.2. The van der Waals surface area contributed by atoms with E-state index in [1.807, 2.05) is 26.0 Å². The summed E-state index contributed by atoms with van der Waals surface area (Å²) in [6.07, 6.45) is 2.75. The third-order valence-electron chi connectivity index (χ3n) is 9.71. The average Bonchev–Trinajstić information content (AvgIpc) is 3.49. The number of methoxy groups -OCH3 is 3. The molecule has 13 heteroatoms. The zero-order valence-corrected chi connectivity index (χ0v) is 32.9. The predicted octanol–water partition coefficient (Wildman–Crippen LogP) is 9.46. The number of Topliss-reactive ketones (excluding diaryl/α,β-unsaturated/α-hetero) is 1. The highest BCUT2D eigenvalue weighted by molar-refractivity contribution is 7.19. The van der Waals surface area contributed by atoms with Gasteiger partial charge < -0.3 is 24.3 Å². The van der Waals surface area contributed by atoms with Gasteiger partial charge in [-0.25, -0.2) is 9.97 Å². The van der Waals surface area contributed by atoms with Crippen LogP contribution in [0.2, 0.25) is 0 Å². The Morgan fingerprint density at radius 1 is 1.02 bits per heavy atom. The topological polar surface area (TPSA) is 109 Å². The van der Waals surface area contributed by atoms with Crippen LogP contribution in [0, 0.1) is 25.7 Å². The van der Waals surface area contributed by atoms with Crippen molar-refractivity contribution in [3.63, 3.8) is 0 Å². The standard InChI is InChI=1S/C16H19F3N2O3.C13H15NO2S.C10H22O/c1-10-8-20-12(23-2)7-11(10)13(22)21-14-3-5-15(6-4-14,24-9-14)16(17,18)19;1-4-5-10(15)12-11(16-3)7-6-9-13(12)17-8(2)14-9;1-5-6-9(2)7-10(3)8-11-4/h7-8H,3-6,9H2,1-2H3,(H,21,22);6-7H,4-5H2,1-3H3;9-10H,5-8H2,1-4H3. The number of rotatable bonds is 13. The molecule has 9 nitrogen and oxygen atoms in total. The number of amides is 1. The number of ether oxygens (including phenoxy) is 4. The minimum absolute atomic E-state index is 0.125. The summed E-state index contributed by atoms with van der Waals surface area (Å²) in [5, 5.41) is 3.85. The van der Waals surface area contributed by atoms with Crippen LogP contribution in [0.5, 0.6) is 11.6 Å². The predicted molar refractivity (Wildman–Crippen MR) is 199 cm³/mol. The second-order valence-corrected chi connectivity index (χ2v) is 15.3. The van der Waals surface area contributed by atoms with Crippen LogP contribution in [0.15, 0.2) is 24.4 Å². The molecule has 6 rings (SSSR count). The molecule has 0 spiro atoms. The molecular weight excluding hydrogens is 696 g/mol. The summed E-state index contributed by atoms with van der Waals surface area (Å²) < 4.78 is 61.0. The number of aromatic nitrogens is 2. The van der Waals surface area contributed by atoms with Gasteiger partial charge in [-0.15, -0.1) is 11.3 Å². The molecule has 2 aliphatic heterocycles. The highest BCUT2D eigenvalue weighted by Gasteiger charge is 2.63. The molecule has 3 fully saturated rings. The number of pyridine rings is 1. The van der Waals surface area contributed by atoms with E-state index in [2.05, 4.69) is 36.1 Å². The van der Waals surface area contributed by atoms with Crippen LogP contribution in [0.3, 0.4) is 0 Å². The monoisotopic (exact) mass is 751 g/mol. The fraction of sp³-hybridized carbons (Fsp3) is 0.641. The van der Waals surface area contributed by atoms with Gasteiger partial charge in [0.2, 0.25) is 5.88 Å². The summed E-state index contributed by atoms with van der Waals surface area (Å²) in [6, 6.07) is 5.25. The molecule has 2 saturated heterocycles. The molecule has 2 unspecified atom stereocenters. The molecule has 0 radical (unpaired) electrons. The lowest BCUT2D eigenvalue weighted by Gasteiger charge is -2.53. The highest BCUT2D eigenvalue weighted by Crippen LogP contribution is 2.51. The first-order chi connectivity index (χ1) is 24.6. The van der Waals surface area contributed by atoms with Gasteiger partial charge in [-0.1, -0.05) is 40.5 Å². The summed E-state index contributed by atoms with van der Waals surface area (Å²) in [4.78, 5) is 33.2. The number of hydrogen-bond acceptors (Lipinski definition) is 9. The van der Waals surface area contributed by atoms with Gasteiger partial charge in [0, 0.05) is 38.0 Å². The molecule has 1 aliphatic carbocycles. The molecule has 1 amide bonds. The number of thiazole rings is 1. The quantitative estimate of drug-likeness (QED) is 0.172. The summed E-state index contributed by atoms with van der Waals surface area (Å²) >= 11 is 1.55. The Balaban J connectivity index is 0.000000228. The Kier molecular flexibility index (Phi) is 15.9. The molecule has 2 bridgehead atoms. The Hall–Kier alpha value is -3.29. The Morgan fingerprint density at radius 2 is 1.71 bits per heavy atom. The van der Waals surface area contributed by atoms with E-state index in [1.54, 1.807) is 32.5 Å². The second-order valence-electron chi connectivity index (χ2n) is 14.1. The smallest absolute Gasteiger partial charge is 0.417 e. The first-order valence-electron chi connectivity index (χ1n) is 18.1. The van der Waals surface area contributed by atoms with Gasteiger partial charge in [-0.3, -0.25) is 9.59 Å². The first kappa shape index (κ1) is 43.1. The van der Waals surface area contributed by atoms with Crippen molar-refractivity contribution in [1.29, 1.82) is 0 Å².